The van der Waals surface area contributed by atoms with Gasteiger partial charge in [-0.05, 0) is 12.5 Å². The van der Waals surface area contributed by atoms with E-state index in [4.69, 9.17) is 10.5 Å². The summed E-state index contributed by atoms with van der Waals surface area (Å²) in [6.45, 7) is 1.91. The van der Waals surface area contributed by atoms with Crippen LogP contribution in [0.2, 0.25) is 0 Å². The third-order valence-corrected chi connectivity index (χ3v) is 3.40. The molecule has 7 nitrogen and oxygen atoms in total. The second-order valence-electron chi connectivity index (χ2n) is 4.64. The SMILES string of the molecule is COc1nc(N)nc2c1ncn2[C@@H]1C=C(C)[C@H](O)C1. The van der Waals surface area contributed by atoms with Crippen molar-refractivity contribution in [2.45, 2.75) is 25.5 Å². The molecule has 0 amide bonds. The molecule has 2 aromatic rings. The average molecular weight is 261 g/mol. The molecule has 0 radical (unpaired) electrons. The van der Waals surface area contributed by atoms with Gasteiger partial charge in [0, 0.05) is 6.42 Å². The zero-order valence-electron chi connectivity index (χ0n) is 10.7. The third-order valence-electron chi connectivity index (χ3n) is 3.40. The number of hydrogen-bond acceptors (Lipinski definition) is 6. The van der Waals surface area contributed by atoms with Crippen LogP contribution < -0.4 is 10.5 Å². The Balaban J connectivity index is 2.13. The fourth-order valence-corrected chi connectivity index (χ4v) is 2.38. The molecule has 19 heavy (non-hydrogen) atoms. The Labute approximate surface area is 109 Å². The molecule has 2 aromatic heterocycles. The average Bonchev–Trinajstić information content (AvgIpc) is 2.93. The number of aliphatic hydroxyl groups is 1. The van der Waals surface area contributed by atoms with E-state index in [2.05, 4.69) is 15.0 Å². The van der Waals surface area contributed by atoms with Crippen molar-refractivity contribution in [2.75, 3.05) is 12.8 Å². The van der Waals surface area contributed by atoms with Crippen LogP contribution in [0.3, 0.4) is 0 Å². The lowest BCUT2D eigenvalue weighted by Gasteiger charge is -2.11. The predicted octanol–water partition coefficient (Wildman–Crippen LogP) is 0.669. The number of imidazole rings is 1. The molecular formula is C12H15N5O2. The molecule has 0 bridgehead atoms. The van der Waals surface area contributed by atoms with E-state index in [0.717, 1.165) is 5.57 Å². The van der Waals surface area contributed by atoms with E-state index in [-0.39, 0.29) is 12.0 Å². The number of methoxy groups -OCH3 is 1. The largest absolute Gasteiger partial charge is 0.479 e. The van der Waals surface area contributed by atoms with Crippen LogP contribution in [0.1, 0.15) is 19.4 Å². The Bertz CT molecular complexity index is 663. The highest BCUT2D eigenvalue weighted by Gasteiger charge is 2.25. The molecule has 0 fully saturated rings. The second kappa shape index (κ2) is 4.20. The van der Waals surface area contributed by atoms with Gasteiger partial charge in [0.2, 0.25) is 11.8 Å². The number of hydrogen-bond donors (Lipinski definition) is 2. The van der Waals surface area contributed by atoms with E-state index < -0.39 is 6.10 Å². The number of anilines is 1. The minimum absolute atomic E-state index is 0.0269. The maximum atomic E-state index is 9.81. The number of nitrogens with zero attached hydrogens (tertiary/aromatic N) is 4. The summed E-state index contributed by atoms with van der Waals surface area (Å²) in [7, 11) is 1.52. The Morgan fingerprint density at radius 2 is 2.26 bits per heavy atom. The van der Waals surface area contributed by atoms with E-state index in [1.165, 1.54) is 7.11 Å². The Morgan fingerprint density at radius 1 is 1.47 bits per heavy atom. The fourth-order valence-electron chi connectivity index (χ4n) is 2.38. The summed E-state index contributed by atoms with van der Waals surface area (Å²) in [5, 5.41) is 9.81. The summed E-state index contributed by atoms with van der Waals surface area (Å²) in [6.07, 6.45) is 3.89. The van der Waals surface area contributed by atoms with E-state index in [9.17, 15) is 5.11 Å². The van der Waals surface area contributed by atoms with Crippen molar-refractivity contribution in [3.8, 4) is 5.88 Å². The van der Waals surface area contributed by atoms with Crippen molar-refractivity contribution < 1.29 is 9.84 Å². The van der Waals surface area contributed by atoms with E-state index >= 15 is 0 Å². The number of fused-ring (bicyclic) bond motifs is 1. The molecule has 2 atom stereocenters. The first-order valence-electron chi connectivity index (χ1n) is 6.00. The lowest BCUT2D eigenvalue weighted by atomic mass is 10.2. The lowest BCUT2D eigenvalue weighted by Crippen LogP contribution is -2.09. The standard InChI is InChI=1S/C12H15N5O2/c1-6-3-7(4-8(6)18)17-5-14-9-10(17)15-12(13)16-11(9)19-2/h3,5,7-8,18H,4H2,1-2H3,(H2,13,15,16)/t7-,8-/m1/s1. The van der Waals surface area contributed by atoms with Crippen molar-refractivity contribution in [2.24, 2.45) is 0 Å². The van der Waals surface area contributed by atoms with E-state index in [1.807, 2.05) is 17.6 Å². The zero-order valence-corrected chi connectivity index (χ0v) is 10.7. The van der Waals surface area contributed by atoms with Crippen LogP contribution in [-0.2, 0) is 0 Å². The van der Waals surface area contributed by atoms with Crippen molar-refractivity contribution >= 4 is 17.1 Å². The third kappa shape index (κ3) is 1.82. The van der Waals surface area contributed by atoms with Gasteiger partial charge in [-0.25, -0.2) is 4.98 Å². The number of aliphatic hydroxyl groups excluding tert-OH is 1. The molecule has 0 unspecified atom stereocenters. The van der Waals surface area contributed by atoms with Gasteiger partial charge in [-0.1, -0.05) is 6.08 Å². The molecule has 0 saturated heterocycles. The highest BCUT2D eigenvalue weighted by Crippen LogP contribution is 2.32. The highest BCUT2D eigenvalue weighted by atomic mass is 16.5. The molecule has 0 saturated carbocycles. The van der Waals surface area contributed by atoms with Crippen LogP contribution in [0, 0.1) is 0 Å². The van der Waals surface area contributed by atoms with Crippen LogP contribution in [0.15, 0.2) is 18.0 Å². The number of ether oxygens (including phenoxy) is 1. The van der Waals surface area contributed by atoms with Crippen molar-refractivity contribution in [3.63, 3.8) is 0 Å². The Kier molecular flexibility index (Phi) is 2.63. The summed E-state index contributed by atoms with van der Waals surface area (Å²) < 4.78 is 7.04. The van der Waals surface area contributed by atoms with Crippen molar-refractivity contribution in [1.29, 1.82) is 0 Å². The summed E-state index contributed by atoms with van der Waals surface area (Å²) in [4.78, 5) is 12.5. The summed E-state index contributed by atoms with van der Waals surface area (Å²) in [5.41, 5.74) is 7.82. The number of allylic oxidation sites excluding steroid dienone is 1. The minimum atomic E-state index is -0.413. The molecule has 0 aliphatic heterocycles. The van der Waals surface area contributed by atoms with Gasteiger partial charge in [0.1, 0.15) is 0 Å². The first-order chi connectivity index (χ1) is 9.10. The maximum absolute atomic E-state index is 9.81. The number of rotatable bonds is 2. The van der Waals surface area contributed by atoms with Crippen molar-refractivity contribution in [3.05, 3.63) is 18.0 Å². The molecule has 0 aromatic carbocycles. The summed E-state index contributed by atoms with van der Waals surface area (Å²) in [5.74, 6) is 0.505. The van der Waals surface area contributed by atoms with Gasteiger partial charge in [0.25, 0.3) is 0 Å². The smallest absolute Gasteiger partial charge is 0.246 e. The predicted molar refractivity (Wildman–Crippen MR) is 69.7 cm³/mol. The molecule has 3 rings (SSSR count). The number of nitrogen functional groups attached to an aromatic ring is 1. The van der Waals surface area contributed by atoms with Gasteiger partial charge < -0.3 is 20.1 Å². The second-order valence-corrected chi connectivity index (χ2v) is 4.64. The van der Waals surface area contributed by atoms with Crippen LogP contribution in [0.25, 0.3) is 11.2 Å². The molecule has 2 heterocycles. The maximum Gasteiger partial charge on any atom is 0.246 e. The van der Waals surface area contributed by atoms with Crippen LogP contribution >= 0.6 is 0 Å². The van der Waals surface area contributed by atoms with Gasteiger partial charge >= 0.3 is 0 Å². The Morgan fingerprint density at radius 3 is 2.89 bits per heavy atom. The molecule has 3 N–H and O–H groups in total. The minimum Gasteiger partial charge on any atom is -0.479 e. The highest BCUT2D eigenvalue weighted by molar-refractivity contribution is 5.77. The number of aromatic nitrogens is 4. The fraction of sp³-hybridized carbons (Fsp3) is 0.417. The van der Waals surface area contributed by atoms with Crippen LogP contribution in [0.5, 0.6) is 5.88 Å². The van der Waals surface area contributed by atoms with Gasteiger partial charge in [0.05, 0.1) is 25.6 Å². The first-order valence-corrected chi connectivity index (χ1v) is 6.00. The quantitative estimate of drug-likeness (QED) is 0.771. The normalized spacial score (nSPS) is 22.8. The van der Waals surface area contributed by atoms with Gasteiger partial charge in [-0.3, -0.25) is 0 Å². The summed E-state index contributed by atoms with van der Waals surface area (Å²) >= 11 is 0. The van der Waals surface area contributed by atoms with E-state index in [1.54, 1.807) is 6.33 Å². The van der Waals surface area contributed by atoms with Gasteiger partial charge in [-0.2, -0.15) is 9.97 Å². The molecule has 7 heteroatoms. The monoisotopic (exact) mass is 261 g/mol. The Hall–Kier alpha value is -2.15. The van der Waals surface area contributed by atoms with Crippen LogP contribution in [-0.4, -0.2) is 37.8 Å². The summed E-state index contributed by atoms with van der Waals surface area (Å²) in [6, 6.07) is 0.0269. The van der Waals surface area contributed by atoms with Crippen molar-refractivity contribution in [1.82, 2.24) is 19.5 Å². The molecule has 1 aliphatic rings. The van der Waals surface area contributed by atoms with E-state index in [0.29, 0.717) is 23.5 Å². The topological polar surface area (TPSA) is 99.1 Å². The van der Waals surface area contributed by atoms with Crippen LogP contribution in [0.4, 0.5) is 5.95 Å². The lowest BCUT2D eigenvalue weighted by molar-refractivity contribution is 0.201. The molecule has 100 valence electrons. The number of nitrogens with two attached hydrogens (primary N) is 1. The first kappa shape index (κ1) is 11.9. The molecule has 1 aliphatic carbocycles. The molecular weight excluding hydrogens is 246 g/mol. The van der Waals surface area contributed by atoms with Gasteiger partial charge in [0.15, 0.2) is 11.2 Å². The zero-order chi connectivity index (χ0) is 13.6. The van der Waals surface area contributed by atoms with Gasteiger partial charge in [-0.15, -0.1) is 0 Å². The molecule has 0 spiro atoms.